The van der Waals surface area contributed by atoms with Crippen molar-refractivity contribution in [3.05, 3.63) is 11.6 Å². The summed E-state index contributed by atoms with van der Waals surface area (Å²) in [5, 5.41) is 12.4. The normalized spacial score (nSPS) is 32.0. The van der Waals surface area contributed by atoms with Crippen molar-refractivity contribution in [2.75, 3.05) is 26.4 Å². The molecular weight excluding hydrogens is 218 g/mol. The molecule has 2 saturated heterocycles. The molecule has 0 bridgehead atoms. The molecule has 0 aromatic carbocycles. The number of hydroxylamine groups is 2. The molecule has 17 heavy (non-hydrogen) atoms. The second-order valence-electron chi connectivity index (χ2n) is 5.50. The first kappa shape index (κ1) is 11.7. The minimum absolute atomic E-state index is 0.171. The third-order valence-corrected chi connectivity index (χ3v) is 4.73. The summed E-state index contributed by atoms with van der Waals surface area (Å²) in [4.78, 5) is 0. The highest BCUT2D eigenvalue weighted by molar-refractivity contribution is 5.32. The van der Waals surface area contributed by atoms with Gasteiger partial charge in [-0.1, -0.05) is 11.6 Å². The molecule has 0 amide bonds. The predicted molar refractivity (Wildman–Crippen MR) is 63.0 cm³/mol. The molecule has 0 aromatic heterocycles. The van der Waals surface area contributed by atoms with E-state index < -0.39 is 0 Å². The van der Waals surface area contributed by atoms with Crippen LogP contribution in [0.2, 0.25) is 0 Å². The first-order valence-electron chi connectivity index (χ1n) is 6.54. The molecule has 3 aliphatic heterocycles. The zero-order valence-corrected chi connectivity index (χ0v) is 10.4. The largest absolute Gasteiger partial charge is 0.381 e. The molecule has 3 rings (SSSR count). The Morgan fingerprint density at radius 3 is 2.18 bits per heavy atom. The number of hydrogen-bond donors (Lipinski definition) is 1. The van der Waals surface area contributed by atoms with Crippen LogP contribution in [0.4, 0.5) is 0 Å². The minimum Gasteiger partial charge on any atom is -0.381 e. The van der Waals surface area contributed by atoms with E-state index in [1.54, 1.807) is 5.06 Å². The predicted octanol–water partition coefficient (Wildman–Crippen LogP) is 1.74. The smallest absolute Gasteiger partial charge is 0.0720 e. The van der Waals surface area contributed by atoms with Crippen molar-refractivity contribution >= 4 is 0 Å². The molecule has 0 unspecified atom stereocenters. The van der Waals surface area contributed by atoms with Gasteiger partial charge in [0.1, 0.15) is 0 Å². The van der Waals surface area contributed by atoms with Gasteiger partial charge in [-0.15, -0.1) is 0 Å². The SMILES string of the molecule is CC1=CC2(CCOCC2)N(O)C12CCOCC2. The van der Waals surface area contributed by atoms with Gasteiger partial charge in [0.2, 0.25) is 0 Å². The molecule has 0 aromatic rings. The molecule has 4 nitrogen and oxygen atoms in total. The van der Waals surface area contributed by atoms with Crippen LogP contribution in [-0.4, -0.2) is 47.8 Å². The van der Waals surface area contributed by atoms with E-state index in [-0.39, 0.29) is 11.1 Å². The molecule has 0 saturated carbocycles. The second kappa shape index (κ2) is 4.05. The number of nitrogens with zero attached hydrogens (tertiary/aromatic N) is 1. The Balaban J connectivity index is 1.91. The topological polar surface area (TPSA) is 41.9 Å². The Morgan fingerprint density at radius 1 is 1.06 bits per heavy atom. The monoisotopic (exact) mass is 239 g/mol. The van der Waals surface area contributed by atoms with E-state index in [1.807, 2.05) is 0 Å². The fraction of sp³-hybridized carbons (Fsp3) is 0.846. The number of hydrogen-bond acceptors (Lipinski definition) is 4. The van der Waals surface area contributed by atoms with Gasteiger partial charge in [0.15, 0.2) is 0 Å². The maximum atomic E-state index is 10.7. The molecule has 1 N–H and O–H groups in total. The van der Waals surface area contributed by atoms with Crippen LogP contribution < -0.4 is 0 Å². The van der Waals surface area contributed by atoms with Crippen molar-refractivity contribution in [1.82, 2.24) is 5.06 Å². The Kier molecular flexibility index (Phi) is 2.78. The Labute approximate surface area is 102 Å². The fourth-order valence-electron chi connectivity index (χ4n) is 3.59. The van der Waals surface area contributed by atoms with Gasteiger partial charge in [-0.25, -0.2) is 0 Å². The van der Waals surface area contributed by atoms with Gasteiger partial charge in [-0.2, -0.15) is 5.06 Å². The van der Waals surface area contributed by atoms with E-state index >= 15 is 0 Å². The van der Waals surface area contributed by atoms with Crippen LogP contribution in [-0.2, 0) is 9.47 Å². The molecule has 3 aliphatic rings. The first-order valence-corrected chi connectivity index (χ1v) is 6.54. The lowest BCUT2D eigenvalue weighted by Crippen LogP contribution is -2.57. The van der Waals surface area contributed by atoms with Gasteiger partial charge in [0, 0.05) is 26.4 Å². The Hall–Kier alpha value is -0.420. The van der Waals surface area contributed by atoms with Crippen molar-refractivity contribution in [3.63, 3.8) is 0 Å². The molecule has 96 valence electrons. The van der Waals surface area contributed by atoms with Gasteiger partial charge in [-0.3, -0.25) is 0 Å². The molecule has 0 atom stereocenters. The van der Waals surface area contributed by atoms with Crippen LogP contribution in [0.15, 0.2) is 11.6 Å². The summed E-state index contributed by atoms with van der Waals surface area (Å²) in [6.07, 6.45) is 5.86. The van der Waals surface area contributed by atoms with Crippen molar-refractivity contribution < 1.29 is 14.7 Å². The van der Waals surface area contributed by atoms with E-state index in [9.17, 15) is 5.21 Å². The molecule has 2 fully saturated rings. The highest BCUT2D eigenvalue weighted by atomic mass is 16.5. The van der Waals surface area contributed by atoms with Gasteiger partial charge >= 0.3 is 0 Å². The van der Waals surface area contributed by atoms with Crippen LogP contribution in [0, 0.1) is 0 Å². The standard InChI is InChI=1S/C13H21NO3/c1-11-10-12(2-6-16-7-3-12)14(15)13(11)4-8-17-9-5-13/h10,15H,2-9H2,1H3. The molecule has 2 spiro atoms. The van der Waals surface area contributed by atoms with E-state index in [0.717, 1.165) is 52.1 Å². The fourth-order valence-corrected chi connectivity index (χ4v) is 3.59. The molecule has 4 heteroatoms. The van der Waals surface area contributed by atoms with Crippen LogP contribution >= 0.6 is 0 Å². The van der Waals surface area contributed by atoms with Crippen molar-refractivity contribution in [3.8, 4) is 0 Å². The number of rotatable bonds is 0. The molecule has 0 radical (unpaired) electrons. The van der Waals surface area contributed by atoms with E-state index in [1.165, 1.54) is 5.57 Å². The third kappa shape index (κ3) is 1.58. The lowest BCUT2D eigenvalue weighted by atomic mass is 9.85. The van der Waals surface area contributed by atoms with Gasteiger partial charge in [0.25, 0.3) is 0 Å². The second-order valence-corrected chi connectivity index (χ2v) is 5.50. The zero-order chi connectivity index (χ0) is 11.9. The summed E-state index contributed by atoms with van der Waals surface area (Å²) in [5.74, 6) is 0. The molecule has 3 heterocycles. The van der Waals surface area contributed by atoms with Crippen LogP contribution in [0.25, 0.3) is 0 Å². The molecule has 0 aliphatic carbocycles. The van der Waals surface area contributed by atoms with Crippen LogP contribution in [0.1, 0.15) is 32.6 Å². The van der Waals surface area contributed by atoms with Crippen LogP contribution in [0.3, 0.4) is 0 Å². The van der Waals surface area contributed by atoms with Gasteiger partial charge < -0.3 is 14.7 Å². The van der Waals surface area contributed by atoms with E-state index in [4.69, 9.17) is 9.47 Å². The average molecular weight is 239 g/mol. The van der Waals surface area contributed by atoms with Crippen molar-refractivity contribution in [2.45, 2.75) is 43.7 Å². The van der Waals surface area contributed by atoms with E-state index in [0.29, 0.717) is 0 Å². The maximum absolute atomic E-state index is 10.7. The molecular formula is C13H21NO3. The first-order chi connectivity index (χ1) is 8.20. The third-order valence-electron chi connectivity index (χ3n) is 4.73. The summed E-state index contributed by atoms with van der Waals surface area (Å²) in [7, 11) is 0. The summed E-state index contributed by atoms with van der Waals surface area (Å²) >= 11 is 0. The Morgan fingerprint density at radius 2 is 1.59 bits per heavy atom. The highest BCUT2D eigenvalue weighted by Gasteiger charge is 2.54. The van der Waals surface area contributed by atoms with Gasteiger partial charge in [0.05, 0.1) is 11.1 Å². The van der Waals surface area contributed by atoms with E-state index in [2.05, 4.69) is 13.0 Å². The lowest BCUT2D eigenvalue weighted by molar-refractivity contribution is -0.236. The van der Waals surface area contributed by atoms with Crippen LogP contribution in [0.5, 0.6) is 0 Å². The quantitative estimate of drug-likeness (QED) is 0.654. The summed E-state index contributed by atoms with van der Waals surface area (Å²) in [6.45, 7) is 5.13. The zero-order valence-electron chi connectivity index (χ0n) is 10.4. The van der Waals surface area contributed by atoms with Gasteiger partial charge in [-0.05, 0) is 32.6 Å². The minimum atomic E-state index is -0.181. The lowest BCUT2D eigenvalue weighted by Gasteiger charge is -2.47. The van der Waals surface area contributed by atoms with Crippen molar-refractivity contribution in [2.24, 2.45) is 0 Å². The summed E-state index contributed by atoms with van der Waals surface area (Å²) in [6, 6.07) is 0. The van der Waals surface area contributed by atoms with Crippen molar-refractivity contribution in [1.29, 1.82) is 0 Å². The summed E-state index contributed by atoms with van der Waals surface area (Å²) < 4.78 is 10.9. The Bertz CT molecular complexity index is 328. The highest BCUT2D eigenvalue weighted by Crippen LogP contribution is 2.48. The number of ether oxygens (including phenoxy) is 2. The summed E-state index contributed by atoms with van der Waals surface area (Å²) in [5.41, 5.74) is 0.958. The average Bonchev–Trinajstić information content (AvgIpc) is 2.55. The maximum Gasteiger partial charge on any atom is 0.0720 e.